The van der Waals surface area contributed by atoms with Gasteiger partial charge in [0.15, 0.2) is 0 Å². The molecule has 0 N–H and O–H groups in total. The van der Waals surface area contributed by atoms with E-state index in [-0.39, 0.29) is 10.8 Å². The van der Waals surface area contributed by atoms with Gasteiger partial charge >= 0.3 is 0 Å². The second-order valence-corrected chi connectivity index (χ2v) is 3.25. The van der Waals surface area contributed by atoms with Gasteiger partial charge in [-0.1, -0.05) is 6.92 Å². The van der Waals surface area contributed by atoms with Gasteiger partial charge in [0, 0.05) is 13.5 Å². The standard InChI is InChI=1S/C8H18N2O/c1-4-9-6-7-10(11,5-2)8(9)3/h8H,4-7H2,1-3H3. The van der Waals surface area contributed by atoms with Gasteiger partial charge in [-0.25, -0.2) is 4.90 Å². The van der Waals surface area contributed by atoms with Gasteiger partial charge in [-0.2, -0.15) is 0 Å². The van der Waals surface area contributed by atoms with E-state index in [2.05, 4.69) is 11.8 Å². The summed E-state index contributed by atoms with van der Waals surface area (Å²) in [6.45, 7) is 9.57. The van der Waals surface area contributed by atoms with Crippen molar-refractivity contribution in [1.82, 2.24) is 4.90 Å². The van der Waals surface area contributed by atoms with E-state index in [0.29, 0.717) is 6.54 Å². The third-order valence-corrected chi connectivity index (χ3v) is 2.92. The summed E-state index contributed by atoms with van der Waals surface area (Å²) in [6, 6.07) is 0. The lowest BCUT2D eigenvalue weighted by Crippen LogP contribution is -2.48. The Balaban J connectivity index is 2.61. The van der Waals surface area contributed by atoms with Crippen molar-refractivity contribution in [2.24, 2.45) is 0 Å². The molecule has 0 aromatic heterocycles. The lowest BCUT2D eigenvalue weighted by Gasteiger charge is -2.42. The van der Waals surface area contributed by atoms with Crippen LogP contribution in [0, 0.1) is 5.21 Å². The minimum Gasteiger partial charge on any atom is -0.632 e. The van der Waals surface area contributed by atoms with Crippen molar-refractivity contribution in [1.29, 1.82) is 0 Å². The molecule has 1 fully saturated rings. The SMILES string of the molecule is CCN1CC[N+]([O-])(CC)C1C. The summed E-state index contributed by atoms with van der Waals surface area (Å²) in [5.74, 6) is 0. The fourth-order valence-electron chi connectivity index (χ4n) is 1.81. The van der Waals surface area contributed by atoms with Gasteiger partial charge in [0.1, 0.15) is 6.17 Å². The Kier molecular flexibility index (Phi) is 2.52. The summed E-state index contributed by atoms with van der Waals surface area (Å²) in [5.41, 5.74) is 0. The van der Waals surface area contributed by atoms with Crippen LogP contribution in [0.3, 0.4) is 0 Å². The van der Waals surface area contributed by atoms with Crippen LogP contribution >= 0.6 is 0 Å². The van der Waals surface area contributed by atoms with Gasteiger partial charge in [-0.15, -0.1) is 0 Å². The smallest absolute Gasteiger partial charge is 0.142 e. The largest absolute Gasteiger partial charge is 0.632 e. The predicted molar refractivity (Wildman–Crippen MR) is 45.7 cm³/mol. The van der Waals surface area contributed by atoms with Crippen molar-refractivity contribution in [3.05, 3.63) is 5.21 Å². The number of hydrogen-bond acceptors (Lipinski definition) is 2. The van der Waals surface area contributed by atoms with Gasteiger partial charge in [-0.3, -0.25) is 0 Å². The van der Waals surface area contributed by atoms with Crippen LogP contribution in [-0.2, 0) is 0 Å². The third-order valence-electron chi connectivity index (χ3n) is 2.92. The summed E-state index contributed by atoms with van der Waals surface area (Å²) >= 11 is 0. The zero-order chi connectivity index (χ0) is 8.48. The second kappa shape index (κ2) is 3.09. The molecule has 0 radical (unpaired) electrons. The molecule has 1 rings (SSSR count). The van der Waals surface area contributed by atoms with Crippen molar-refractivity contribution in [3.63, 3.8) is 0 Å². The molecule has 2 atom stereocenters. The molecule has 1 aliphatic heterocycles. The quantitative estimate of drug-likeness (QED) is 0.443. The summed E-state index contributed by atoms with van der Waals surface area (Å²) in [7, 11) is 0. The average molecular weight is 158 g/mol. The third kappa shape index (κ3) is 1.41. The van der Waals surface area contributed by atoms with Crippen LogP contribution in [0.2, 0.25) is 0 Å². The molecule has 0 aliphatic carbocycles. The first-order chi connectivity index (χ1) is 5.14. The molecule has 0 aromatic rings. The number of rotatable bonds is 2. The lowest BCUT2D eigenvalue weighted by atomic mass is 10.4. The van der Waals surface area contributed by atoms with E-state index in [1.807, 2.05) is 13.8 Å². The molecule has 3 nitrogen and oxygen atoms in total. The van der Waals surface area contributed by atoms with Gasteiger partial charge in [0.05, 0.1) is 19.6 Å². The van der Waals surface area contributed by atoms with Gasteiger partial charge in [-0.05, 0) is 6.92 Å². The molecular weight excluding hydrogens is 140 g/mol. The monoisotopic (exact) mass is 158 g/mol. The topological polar surface area (TPSA) is 26.3 Å². The van der Waals surface area contributed by atoms with E-state index in [1.165, 1.54) is 0 Å². The van der Waals surface area contributed by atoms with Crippen LogP contribution in [0.4, 0.5) is 0 Å². The van der Waals surface area contributed by atoms with E-state index in [1.54, 1.807) is 0 Å². The fraction of sp³-hybridized carbons (Fsp3) is 1.00. The maximum absolute atomic E-state index is 11.9. The van der Waals surface area contributed by atoms with E-state index in [4.69, 9.17) is 0 Å². The minimum absolute atomic E-state index is 0.0200. The highest BCUT2D eigenvalue weighted by Gasteiger charge is 2.34. The Hall–Kier alpha value is -0.120. The number of hydroxylamine groups is 3. The Morgan fingerprint density at radius 1 is 1.55 bits per heavy atom. The normalized spacial score (nSPS) is 39.8. The van der Waals surface area contributed by atoms with Gasteiger partial charge < -0.3 is 9.85 Å². The summed E-state index contributed by atoms with van der Waals surface area (Å²) in [5, 5.41) is 11.9. The highest BCUT2D eigenvalue weighted by Crippen LogP contribution is 2.21. The zero-order valence-corrected chi connectivity index (χ0v) is 7.71. The van der Waals surface area contributed by atoms with Crippen molar-refractivity contribution in [3.8, 4) is 0 Å². The predicted octanol–water partition coefficient (Wildman–Crippen LogP) is 1.00. The highest BCUT2D eigenvalue weighted by atomic mass is 16.6. The first-order valence-electron chi connectivity index (χ1n) is 4.46. The maximum atomic E-state index is 11.9. The van der Waals surface area contributed by atoms with Crippen molar-refractivity contribution in [2.75, 3.05) is 26.2 Å². The van der Waals surface area contributed by atoms with E-state index in [0.717, 1.165) is 19.6 Å². The average Bonchev–Trinajstić information content (AvgIpc) is 2.31. The van der Waals surface area contributed by atoms with E-state index < -0.39 is 0 Å². The molecule has 1 heterocycles. The van der Waals surface area contributed by atoms with Gasteiger partial charge in [0.2, 0.25) is 0 Å². The summed E-state index contributed by atoms with van der Waals surface area (Å²) in [4.78, 5) is 2.25. The molecule has 0 spiro atoms. The van der Waals surface area contributed by atoms with E-state index >= 15 is 0 Å². The van der Waals surface area contributed by atoms with Crippen molar-refractivity contribution < 1.29 is 4.65 Å². The minimum atomic E-state index is -0.0200. The Morgan fingerprint density at radius 2 is 2.18 bits per heavy atom. The first-order valence-corrected chi connectivity index (χ1v) is 4.46. The molecular formula is C8H18N2O. The molecule has 1 aliphatic rings. The molecule has 0 saturated carbocycles. The molecule has 3 heteroatoms. The van der Waals surface area contributed by atoms with Gasteiger partial charge in [0.25, 0.3) is 0 Å². The lowest BCUT2D eigenvalue weighted by molar-refractivity contribution is -0.894. The van der Waals surface area contributed by atoms with Crippen LogP contribution in [0.1, 0.15) is 20.8 Å². The fourth-order valence-corrected chi connectivity index (χ4v) is 1.81. The van der Waals surface area contributed by atoms with Crippen molar-refractivity contribution >= 4 is 0 Å². The molecule has 0 bridgehead atoms. The number of nitrogens with zero attached hydrogens (tertiary/aromatic N) is 2. The molecule has 0 amide bonds. The van der Waals surface area contributed by atoms with Crippen LogP contribution in [0.5, 0.6) is 0 Å². The molecule has 1 saturated heterocycles. The molecule has 66 valence electrons. The summed E-state index contributed by atoms with van der Waals surface area (Å²) < 4.78 is -0.0200. The number of likely N-dealkylation sites (N-methyl/N-ethyl adjacent to an activating group) is 2. The number of quaternary nitrogens is 1. The van der Waals surface area contributed by atoms with Crippen LogP contribution in [0.25, 0.3) is 0 Å². The summed E-state index contributed by atoms with van der Waals surface area (Å²) in [6.07, 6.45) is 0.171. The van der Waals surface area contributed by atoms with Crippen molar-refractivity contribution in [2.45, 2.75) is 26.9 Å². The van der Waals surface area contributed by atoms with Crippen LogP contribution < -0.4 is 0 Å². The Morgan fingerprint density at radius 3 is 2.45 bits per heavy atom. The molecule has 2 unspecified atom stereocenters. The Bertz CT molecular complexity index is 140. The number of hydrogen-bond donors (Lipinski definition) is 0. The van der Waals surface area contributed by atoms with E-state index in [9.17, 15) is 5.21 Å². The Labute approximate surface area is 68.8 Å². The van der Waals surface area contributed by atoms with Crippen LogP contribution in [0.15, 0.2) is 0 Å². The first kappa shape index (κ1) is 8.97. The molecule has 11 heavy (non-hydrogen) atoms. The maximum Gasteiger partial charge on any atom is 0.142 e. The zero-order valence-electron chi connectivity index (χ0n) is 7.71. The van der Waals surface area contributed by atoms with Crippen LogP contribution in [-0.4, -0.2) is 41.9 Å². The highest BCUT2D eigenvalue weighted by molar-refractivity contribution is 4.67. The second-order valence-electron chi connectivity index (χ2n) is 3.25. The molecule has 0 aromatic carbocycles.